The third-order valence-electron chi connectivity index (χ3n) is 14.1. The maximum Gasteiger partial charge on any atom is 0.306 e. The maximum absolute atomic E-state index is 12.8. The van der Waals surface area contributed by atoms with Gasteiger partial charge in [-0.15, -0.1) is 0 Å². The fraction of sp³-hybridized carbons (Fsp3) is 0.833. The van der Waals surface area contributed by atoms with E-state index in [1.54, 1.807) is 0 Å². The monoisotopic (exact) mass is 1010 g/mol. The molecule has 0 aliphatic rings. The second-order valence-corrected chi connectivity index (χ2v) is 21.3. The average Bonchev–Trinajstić information content (AvgIpc) is 3.38. The van der Waals surface area contributed by atoms with Crippen LogP contribution < -0.4 is 0 Å². The molecule has 0 fully saturated rings. The van der Waals surface area contributed by atoms with Crippen LogP contribution in [0.3, 0.4) is 0 Å². The molecule has 0 rings (SSSR count). The van der Waals surface area contributed by atoms with Crippen molar-refractivity contribution in [3.63, 3.8) is 0 Å². The first-order chi connectivity index (χ1) is 35.5. The topological polar surface area (TPSA) is 78.9 Å². The van der Waals surface area contributed by atoms with E-state index < -0.39 is 6.10 Å². The first kappa shape index (κ1) is 69.4. The summed E-state index contributed by atoms with van der Waals surface area (Å²) in [6.45, 7) is 6.53. The van der Waals surface area contributed by atoms with Crippen molar-refractivity contribution in [2.75, 3.05) is 13.2 Å². The van der Waals surface area contributed by atoms with E-state index in [-0.39, 0.29) is 31.1 Å². The van der Waals surface area contributed by atoms with Crippen molar-refractivity contribution in [2.45, 2.75) is 341 Å². The van der Waals surface area contributed by atoms with Gasteiger partial charge in [0.15, 0.2) is 6.10 Å². The Labute approximate surface area is 448 Å². The van der Waals surface area contributed by atoms with E-state index in [9.17, 15) is 14.4 Å². The maximum atomic E-state index is 12.8. The molecule has 0 aliphatic heterocycles. The quantitative estimate of drug-likeness (QED) is 0.0261. The highest BCUT2D eigenvalue weighted by molar-refractivity contribution is 5.71. The summed E-state index contributed by atoms with van der Waals surface area (Å²) in [7, 11) is 0. The number of unbranched alkanes of at least 4 members (excludes halogenated alkanes) is 39. The molecule has 0 amide bonds. The summed E-state index contributed by atoms with van der Waals surface area (Å²) in [6.07, 6.45) is 75.7. The molecule has 0 heterocycles. The Morgan fingerprint density at radius 3 is 0.847 bits per heavy atom. The van der Waals surface area contributed by atoms with Gasteiger partial charge in [-0.1, -0.05) is 307 Å². The molecular weight excluding hydrogens is 889 g/mol. The molecule has 0 spiro atoms. The average molecular weight is 1010 g/mol. The van der Waals surface area contributed by atoms with Crippen LogP contribution in [0.5, 0.6) is 0 Å². The third-order valence-corrected chi connectivity index (χ3v) is 14.1. The van der Waals surface area contributed by atoms with Gasteiger partial charge in [0.2, 0.25) is 0 Å². The van der Waals surface area contributed by atoms with Gasteiger partial charge in [0.1, 0.15) is 13.2 Å². The lowest BCUT2D eigenvalue weighted by atomic mass is 10.0. The van der Waals surface area contributed by atoms with Crippen LogP contribution in [0.4, 0.5) is 0 Å². The lowest BCUT2D eigenvalue weighted by Crippen LogP contribution is -2.30. The molecule has 0 aromatic heterocycles. The van der Waals surface area contributed by atoms with Gasteiger partial charge in [-0.05, 0) is 57.8 Å². The third kappa shape index (κ3) is 58.3. The smallest absolute Gasteiger partial charge is 0.306 e. The Bertz CT molecular complexity index is 1250. The zero-order valence-corrected chi connectivity index (χ0v) is 48.2. The predicted octanol–water partition coefficient (Wildman–Crippen LogP) is 21.4. The Hall–Kier alpha value is -2.63. The molecule has 0 saturated carbocycles. The van der Waals surface area contributed by atoms with Crippen LogP contribution in [-0.2, 0) is 28.6 Å². The lowest BCUT2D eigenvalue weighted by Gasteiger charge is -2.18. The largest absolute Gasteiger partial charge is 0.462 e. The molecular formula is C66H120O6. The Balaban J connectivity index is 4.12. The van der Waals surface area contributed by atoms with E-state index in [1.807, 2.05) is 0 Å². The van der Waals surface area contributed by atoms with Crippen molar-refractivity contribution in [1.29, 1.82) is 0 Å². The number of allylic oxidation sites excluding steroid dienone is 8. The normalized spacial score (nSPS) is 12.3. The molecule has 0 aromatic rings. The molecule has 0 aliphatic carbocycles. The van der Waals surface area contributed by atoms with E-state index in [2.05, 4.69) is 69.4 Å². The summed E-state index contributed by atoms with van der Waals surface area (Å²) in [5.41, 5.74) is 0. The number of rotatable bonds is 58. The van der Waals surface area contributed by atoms with Gasteiger partial charge in [0, 0.05) is 19.3 Å². The molecule has 420 valence electrons. The molecule has 1 unspecified atom stereocenters. The fourth-order valence-corrected chi connectivity index (χ4v) is 9.38. The number of esters is 3. The molecule has 72 heavy (non-hydrogen) atoms. The number of ether oxygens (including phenoxy) is 3. The molecule has 0 N–H and O–H groups in total. The number of carbonyl (C=O) groups is 3. The second kappa shape index (κ2) is 60.9. The standard InChI is InChI=1S/C66H120O6/c1-4-7-10-13-16-19-21-23-25-27-29-30-31-32-33-34-35-36-38-39-41-43-45-47-50-53-56-59-65(68)71-62-63(61-70-64(67)58-55-52-49-18-15-12-9-6-3)72-66(69)60-57-54-51-48-46-44-42-40-37-28-26-24-22-20-17-14-11-8-5-2/h8,11,17,20,24,26,37,40,63H,4-7,9-10,12-16,18-19,21-23,25,27-36,38-39,41-62H2,1-3H3/b11-8-,20-17-,26-24-,40-37-. The van der Waals surface area contributed by atoms with Gasteiger partial charge in [-0.3, -0.25) is 14.4 Å². The van der Waals surface area contributed by atoms with Crippen LogP contribution in [0.25, 0.3) is 0 Å². The zero-order valence-electron chi connectivity index (χ0n) is 48.2. The minimum Gasteiger partial charge on any atom is -0.462 e. The molecule has 6 heteroatoms. The van der Waals surface area contributed by atoms with Crippen LogP contribution in [0.2, 0.25) is 0 Å². The van der Waals surface area contributed by atoms with E-state index >= 15 is 0 Å². The number of carbonyl (C=O) groups excluding carboxylic acids is 3. The summed E-state index contributed by atoms with van der Waals surface area (Å²) < 4.78 is 16.8. The lowest BCUT2D eigenvalue weighted by molar-refractivity contribution is -0.167. The minimum absolute atomic E-state index is 0.0750. The summed E-state index contributed by atoms with van der Waals surface area (Å²) in [4.78, 5) is 38.1. The summed E-state index contributed by atoms with van der Waals surface area (Å²) >= 11 is 0. The van der Waals surface area contributed by atoms with Gasteiger partial charge in [-0.25, -0.2) is 0 Å². The van der Waals surface area contributed by atoms with Crippen molar-refractivity contribution < 1.29 is 28.6 Å². The molecule has 1 atom stereocenters. The SMILES string of the molecule is CC/C=C\C/C=C\C/C=C\C/C=C\CCCCCCCCC(=O)OC(COC(=O)CCCCCCCCCC)COC(=O)CCCCCCCCCCCCCCCCCCCCCCCCCCCCC. The second-order valence-electron chi connectivity index (χ2n) is 21.3. The first-order valence-electron chi connectivity index (χ1n) is 31.6. The summed E-state index contributed by atoms with van der Waals surface area (Å²) in [6, 6.07) is 0. The molecule has 0 aromatic carbocycles. The van der Waals surface area contributed by atoms with E-state index in [0.29, 0.717) is 19.3 Å². The highest BCUT2D eigenvalue weighted by Crippen LogP contribution is 2.18. The van der Waals surface area contributed by atoms with Crippen LogP contribution >= 0.6 is 0 Å². The van der Waals surface area contributed by atoms with Crippen molar-refractivity contribution in [2.24, 2.45) is 0 Å². The van der Waals surface area contributed by atoms with Gasteiger partial charge in [-0.2, -0.15) is 0 Å². The molecule has 0 bridgehead atoms. The van der Waals surface area contributed by atoms with Gasteiger partial charge >= 0.3 is 17.9 Å². The molecule has 0 saturated heterocycles. The van der Waals surface area contributed by atoms with Gasteiger partial charge in [0.25, 0.3) is 0 Å². The van der Waals surface area contributed by atoms with E-state index in [4.69, 9.17) is 14.2 Å². The predicted molar refractivity (Wildman–Crippen MR) is 312 cm³/mol. The van der Waals surface area contributed by atoms with E-state index in [0.717, 1.165) is 96.3 Å². The van der Waals surface area contributed by atoms with Gasteiger partial charge in [0.05, 0.1) is 0 Å². The van der Waals surface area contributed by atoms with Gasteiger partial charge < -0.3 is 14.2 Å². The molecule has 6 nitrogen and oxygen atoms in total. The Morgan fingerprint density at radius 2 is 0.542 bits per heavy atom. The van der Waals surface area contributed by atoms with Crippen LogP contribution in [0.15, 0.2) is 48.6 Å². The summed E-state index contributed by atoms with van der Waals surface area (Å²) in [5, 5.41) is 0. The minimum atomic E-state index is -0.777. The van der Waals surface area contributed by atoms with Crippen LogP contribution in [-0.4, -0.2) is 37.2 Å². The fourth-order valence-electron chi connectivity index (χ4n) is 9.38. The number of hydrogen-bond donors (Lipinski definition) is 0. The Kier molecular flexibility index (Phi) is 58.7. The zero-order chi connectivity index (χ0) is 52.2. The number of hydrogen-bond acceptors (Lipinski definition) is 6. The van der Waals surface area contributed by atoms with Crippen LogP contribution in [0, 0.1) is 0 Å². The highest BCUT2D eigenvalue weighted by atomic mass is 16.6. The Morgan fingerprint density at radius 1 is 0.292 bits per heavy atom. The van der Waals surface area contributed by atoms with Crippen molar-refractivity contribution in [3.05, 3.63) is 48.6 Å². The molecule has 0 radical (unpaired) electrons. The van der Waals surface area contributed by atoms with Crippen molar-refractivity contribution in [1.82, 2.24) is 0 Å². The summed E-state index contributed by atoms with van der Waals surface area (Å²) in [5.74, 6) is -0.876. The highest BCUT2D eigenvalue weighted by Gasteiger charge is 2.19. The van der Waals surface area contributed by atoms with Crippen molar-refractivity contribution >= 4 is 17.9 Å². The van der Waals surface area contributed by atoms with Crippen LogP contribution in [0.1, 0.15) is 335 Å². The van der Waals surface area contributed by atoms with E-state index in [1.165, 1.54) is 199 Å². The van der Waals surface area contributed by atoms with Crippen molar-refractivity contribution in [3.8, 4) is 0 Å². The first-order valence-corrected chi connectivity index (χ1v) is 31.6.